The molecule has 3 unspecified atom stereocenters. The standard InChI is InChI=1S/C30H25NO/c1-32-23-17-15-21(16-18-23)28-24-12-6-7-13-25(24)29(20-9-3-2-4-10-20)30-26(28)19-22-11-5-8-14-27(22)31-30/h2-18,24,26,28H,19H2,1H3. The van der Waals surface area contributed by atoms with Gasteiger partial charge in [0.1, 0.15) is 5.75 Å². The lowest BCUT2D eigenvalue weighted by Gasteiger charge is -2.43. The molecule has 1 heterocycles. The van der Waals surface area contributed by atoms with Crippen LogP contribution in [0, 0.1) is 11.8 Å². The summed E-state index contributed by atoms with van der Waals surface area (Å²) >= 11 is 0. The number of aliphatic imine (C=N–C) groups is 1. The van der Waals surface area contributed by atoms with Crippen molar-refractivity contribution < 1.29 is 4.74 Å². The minimum atomic E-state index is 0.317. The Morgan fingerprint density at radius 3 is 2.44 bits per heavy atom. The van der Waals surface area contributed by atoms with Crippen molar-refractivity contribution in [3.63, 3.8) is 0 Å². The number of para-hydroxylation sites is 1. The Morgan fingerprint density at radius 2 is 1.62 bits per heavy atom. The molecule has 0 amide bonds. The maximum Gasteiger partial charge on any atom is 0.118 e. The van der Waals surface area contributed by atoms with Crippen LogP contribution in [0.2, 0.25) is 0 Å². The van der Waals surface area contributed by atoms with Crippen molar-refractivity contribution in [3.8, 4) is 5.75 Å². The van der Waals surface area contributed by atoms with Gasteiger partial charge < -0.3 is 4.74 Å². The van der Waals surface area contributed by atoms with E-state index in [0.29, 0.717) is 17.8 Å². The van der Waals surface area contributed by atoms with Crippen LogP contribution in [0.25, 0.3) is 5.57 Å². The summed E-state index contributed by atoms with van der Waals surface area (Å²) in [7, 11) is 1.72. The normalized spacial score (nSPS) is 23.2. The van der Waals surface area contributed by atoms with Crippen molar-refractivity contribution in [1.82, 2.24) is 0 Å². The van der Waals surface area contributed by atoms with Crippen LogP contribution in [0.3, 0.4) is 0 Å². The molecule has 0 spiro atoms. The average Bonchev–Trinajstić information content (AvgIpc) is 2.86. The van der Waals surface area contributed by atoms with Crippen molar-refractivity contribution in [2.75, 3.05) is 7.11 Å². The summed E-state index contributed by atoms with van der Waals surface area (Å²) in [6, 6.07) is 28.0. The molecular formula is C30H25NO. The average molecular weight is 416 g/mol. The largest absolute Gasteiger partial charge is 0.497 e. The molecule has 1 aliphatic heterocycles. The molecule has 0 saturated carbocycles. The zero-order valence-electron chi connectivity index (χ0n) is 18.1. The molecule has 2 nitrogen and oxygen atoms in total. The highest BCUT2D eigenvalue weighted by atomic mass is 16.5. The van der Waals surface area contributed by atoms with Gasteiger partial charge in [-0.1, -0.05) is 85.0 Å². The molecule has 2 aliphatic carbocycles. The zero-order valence-corrected chi connectivity index (χ0v) is 18.1. The molecule has 0 N–H and O–H groups in total. The van der Waals surface area contributed by atoms with Crippen molar-refractivity contribution >= 4 is 17.0 Å². The van der Waals surface area contributed by atoms with Crippen LogP contribution in [0.15, 0.2) is 114 Å². The third-order valence-corrected chi connectivity index (χ3v) is 7.02. The quantitative estimate of drug-likeness (QED) is 0.454. The first-order valence-corrected chi connectivity index (χ1v) is 11.3. The lowest BCUT2D eigenvalue weighted by atomic mass is 9.61. The Bertz CT molecular complexity index is 1280. The molecule has 0 saturated heterocycles. The van der Waals surface area contributed by atoms with Gasteiger partial charge in [0.25, 0.3) is 0 Å². The Morgan fingerprint density at radius 1 is 0.844 bits per heavy atom. The summed E-state index contributed by atoms with van der Waals surface area (Å²) in [6.07, 6.45) is 10.0. The molecule has 3 aliphatic rings. The maximum atomic E-state index is 5.43. The Labute approximate surface area is 189 Å². The van der Waals surface area contributed by atoms with Crippen LogP contribution in [0.4, 0.5) is 5.69 Å². The van der Waals surface area contributed by atoms with E-state index >= 15 is 0 Å². The maximum absolute atomic E-state index is 5.43. The monoisotopic (exact) mass is 415 g/mol. The fourth-order valence-corrected chi connectivity index (χ4v) is 5.58. The molecule has 3 aromatic rings. The second-order valence-electron chi connectivity index (χ2n) is 8.70. The number of ether oxygens (including phenoxy) is 1. The van der Waals surface area contributed by atoms with Gasteiger partial charge in [-0.25, -0.2) is 0 Å². The number of allylic oxidation sites excluding steroid dienone is 6. The number of hydrogen-bond donors (Lipinski definition) is 0. The SMILES string of the molecule is COc1ccc(C2C3C=CC=CC3=C(c3ccccc3)C3=Nc4ccccc4CC32)cc1. The fourth-order valence-electron chi connectivity index (χ4n) is 5.58. The molecular weight excluding hydrogens is 390 g/mol. The van der Waals surface area contributed by atoms with E-state index in [1.807, 2.05) is 0 Å². The fraction of sp³-hybridized carbons (Fsp3) is 0.167. The third kappa shape index (κ3) is 3.06. The van der Waals surface area contributed by atoms with E-state index in [0.717, 1.165) is 17.9 Å². The predicted octanol–water partition coefficient (Wildman–Crippen LogP) is 6.93. The molecule has 32 heavy (non-hydrogen) atoms. The van der Waals surface area contributed by atoms with Crippen LogP contribution in [-0.2, 0) is 6.42 Å². The van der Waals surface area contributed by atoms with Gasteiger partial charge in [-0.2, -0.15) is 0 Å². The highest BCUT2D eigenvalue weighted by Crippen LogP contribution is 2.52. The van der Waals surface area contributed by atoms with E-state index in [9.17, 15) is 0 Å². The van der Waals surface area contributed by atoms with Gasteiger partial charge in [0.15, 0.2) is 0 Å². The van der Waals surface area contributed by atoms with Crippen LogP contribution < -0.4 is 4.74 Å². The zero-order chi connectivity index (χ0) is 21.5. The van der Waals surface area contributed by atoms with Gasteiger partial charge in [0, 0.05) is 23.3 Å². The summed E-state index contributed by atoms with van der Waals surface area (Å²) in [4.78, 5) is 5.30. The number of methoxy groups -OCH3 is 1. The second-order valence-corrected chi connectivity index (χ2v) is 8.70. The van der Waals surface area contributed by atoms with Crippen molar-refractivity contribution in [1.29, 1.82) is 0 Å². The first kappa shape index (κ1) is 19.1. The minimum Gasteiger partial charge on any atom is -0.497 e. The minimum absolute atomic E-state index is 0.317. The van der Waals surface area contributed by atoms with Gasteiger partial charge in [-0.05, 0) is 46.9 Å². The Kier molecular flexibility index (Phi) is 4.65. The molecule has 0 fully saturated rings. The van der Waals surface area contributed by atoms with Crippen molar-refractivity contribution in [3.05, 3.63) is 125 Å². The summed E-state index contributed by atoms with van der Waals surface area (Å²) in [5.41, 5.74) is 8.94. The second kappa shape index (κ2) is 7.80. The number of hydrogen-bond acceptors (Lipinski definition) is 2. The van der Waals surface area contributed by atoms with E-state index in [4.69, 9.17) is 9.73 Å². The summed E-state index contributed by atoms with van der Waals surface area (Å²) in [5, 5.41) is 0. The van der Waals surface area contributed by atoms with Crippen LogP contribution in [-0.4, -0.2) is 12.8 Å². The van der Waals surface area contributed by atoms with Gasteiger partial charge in [0.05, 0.1) is 18.5 Å². The molecule has 2 heteroatoms. The van der Waals surface area contributed by atoms with E-state index in [-0.39, 0.29) is 0 Å². The van der Waals surface area contributed by atoms with E-state index in [1.165, 1.54) is 33.5 Å². The van der Waals surface area contributed by atoms with Gasteiger partial charge in [-0.15, -0.1) is 0 Å². The molecule has 0 radical (unpaired) electrons. The molecule has 156 valence electrons. The van der Waals surface area contributed by atoms with Gasteiger partial charge in [0.2, 0.25) is 0 Å². The van der Waals surface area contributed by atoms with E-state index < -0.39 is 0 Å². The number of nitrogens with zero attached hydrogens (tertiary/aromatic N) is 1. The lowest BCUT2D eigenvalue weighted by molar-refractivity contribution is 0.413. The Balaban J connectivity index is 1.60. The molecule has 6 rings (SSSR count). The van der Waals surface area contributed by atoms with Crippen LogP contribution in [0.5, 0.6) is 5.75 Å². The van der Waals surface area contributed by atoms with E-state index in [2.05, 4.69) is 103 Å². The first-order chi connectivity index (χ1) is 15.8. The highest BCUT2D eigenvalue weighted by molar-refractivity contribution is 6.28. The molecule has 0 aromatic heterocycles. The molecule has 3 atom stereocenters. The molecule has 0 bridgehead atoms. The number of fused-ring (bicyclic) bond motifs is 3. The first-order valence-electron chi connectivity index (χ1n) is 11.3. The van der Waals surface area contributed by atoms with Crippen molar-refractivity contribution in [2.45, 2.75) is 12.3 Å². The van der Waals surface area contributed by atoms with Crippen LogP contribution >= 0.6 is 0 Å². The summed E-state index contributed by atoms with van der Waals surface area (Å²) in [5.74, 6) is 1.86. The van der Waals surface area contributed by atoms with Gasteiger partial charge >= 0.3 is 0 Å². The van der Waals surface area contributed by atoms with E-state index in [1.54, 1.807) is 7.11 Å². The highest BCUT2D eigenvalue weighted by Gasteiger charge is 2.43. The topological polar surface area (TPSA) is 21.6 Å². The van der Waals surface area contributed by atoms with Crippen molar-refractivity contribution in [2.24, 2.45) is 16.8 Å². The lowest BCUT2D eigenvalue weighted by Crippen LogP contribution is -2.37. The number of benzene rings is 3. The summed E-state index contributed by atoms with van der Waals surface area (Å²) < 4.78 is 5.43. The molecule has 3 aromatic carbocycles. The predicted molar refractivity (Wildman–Crippen MR) is 132 cm³/mol. The Hall–Kier alpha value is -3.65. The third-order valence-electron chi connectivity index (χ3n) is 7.02. The number of rotatable bonds is 3. The summed E-state index contributed by atoms with van der Waals surface area (Å²) in [6.45, 7) is 0. The smallest absolute Gasteiger partial charge is 0.118 e. The van der Waals surface area contributed by atoms with Gasteiger partial charge in [-0.3, -0.25) is 4.99 Å². The van der Waals surface area contributed by atoms with Crippen LogP contribution in [0.1, 0.15) is 22.6 Å².